The molecule has 0 radical (unpaired) electrons. The van der Waals surface area contributed by atoms with Crippen LogP contribution < -0.4 is 10.6 Å². The lowest BCUT2D eigenvalue weighted by atomic mass is 9.95. The van der Waals surface area contributed by atoms with E-state index in [0.717, 1.165) is 30.3 Å². The van der Waals surface area contributed by atoms with Gasteiger partial charge >= 0.3 is 18.4 Å². The summed E-state index contributed by atoms with van der Waals surface area (Å²) in [7, 11) is 0. The quantitative estimate of drug-likeness (QED) is 0.233. The summed E-state index contributed by atoms with van der Waals surface area (Å²) in [5, 5.41) is 4.25. The predicted octanol–water partition coefficient (Wildman–Crippen LogP) is 9.06. The topological polar surface area (TPSA) is 67.4 Å². The van der Waals surface area contributed by atoms with Crippen molar-refractivity contribution in [3.8, 4) is 0 Å². The van der Waals surface area contributed by atoms with E-state index in [9.17, 15) is 35.9 Å². The molecule has 2 aromatic carbocycles. The van der Waals surface area contributed by atoms with Gasteiger partial charge in [0.15, 0.2) is 0 Å². The first kappa shape index (κ1) is 34.6. The van der Waals surface area contributed by atoms with Crippen molar-refractivity contribution in [2.45, 2.75) is 64.0 Å². The van der Waals surface area contributed by atoms with Gasteiger partial charge in [0.05, 0.1) is 37.7 Å². The van der Waals surface area contributed by atoms with Gasteiger partial charge in [-0.25, -0.2) is 4.79 Å². The lowest BCUT2D eigenvalue weighted by Gasteiger charge is -2.28. The van der Waals surface area contributed by atoms with Gasteiger partial charge in [-0.15, -0.1) is 0 Å². The Morgan fingerprint density at radius 3 is 1.98 bits per heavy atom. The summed E-state index contributed by atoms with van der Waals surface area (Å²) in [4.78, 5) is 24.7. The van der Waals surface area contributed by atoms with Crippen LogP contribution >= 0.6 is 34.8 Å². The molecule has 2 N–H and O–H groups in total. The van der Waals surface area contributed by atoms with Gasteiger partial charge in [-0.05, 0) is 70.0 Å². The lowest BCUT2D eigenvalue weighted by molar-refractivity contribution is -0.139. The van der Waals surface area contributed by atoms with E-state index in [1.807, 2.05) is 0 Å². The fraction of sp³-hybridized carbons (Fsp3) is 0.407. The lowest BCUT2D eigenvalue weighted by Crippen LogP contribution is -2.52. The minimum absolute atomic E-state index is 0.144. The van der Waals surface area contributed by atoms with E-state index in [1.165, 1.54) is 13.8 Å². The second-order valence-corrected chi connectivity index (χ2v) is 11.9. The Labute approximate surface area is 248 Å². The van der Waals surface area contributed by atoms with E-state index in [1.54, 1.807) is 20.8 Å². The van der Waals surface area contributed by atoms with Crippen LogP contribution in [-0.4, -0.2) is 35.9 Å². The van der Waals surface area contributed by atoms with Crippen LogP contribution in [0.3, 0.4) is 0 Å². The average molecular weight is 648 g/mol. The Hall–Kier alpha value is -2.63. The maximum absolute atomic E-state index is 13.9. The summed E-state index contributed by atoms with van der Waals surface area (Å²) in [5.74, 6) is -3.38. The molecule has 1 atom stereocenters. The Morgan fingerprint density at radius 1 is 0.927 bits per heavy atom. The highest BCUT2D eigenvalue weighted by molar-refractivity contribution is 6.48. The van der Waals surface area contributed by atoms with Crippen LogP contribution in [0.4, 0.5) is 31.1 Å². The molecule has 0 saturated carbocycles. The number of nitrogens with one attached hydrogen (secondary N) is 2. The smallest absolute Gasteiger partial charge is 0.417 e. The van der Waals surface area contributed by atoms with Gasteiger partial charge in [0.1, 0.15) is 5.60 Å². The monoisotopic (exact) mass is 646 g/mol. The maximum Gasteiger partial charge on any atom is 0.417 e. The number of benzene rings is 2. The van der Waals surface area contributed by atoms with Gasteiger partial charge in [-0.3, -0.25) is 4.79 Å². The molecule has 14 heteroatoms. The summed E-state index contributed by atoms with van der Waals surface area (Å²) in [5.41, 5.74) is -4.73. The maximum atomic E-state index is 13.9. The van der Waals surface area contributed by atoms with Crippen LogP contribution in [0.2, 0.25) is 15.1 Å². The zero-order chi connectivity index (χ0) is 31.6. The van der Waals surface area contributed by atoms with Crippen molar-refractivity contribution in [2.24, 2.45) is 0 Å². The number of ether oxygens (including phenoxy) is 1. The van der Waals surface area contributed by atoms with E-state index in [-0.39, 0.29) is 32.7 Å². The van der Waals surface area contributed by atoms with Crippen molar-refractivity contribution >= 4 is 52.9 Å². The third kappa shape index (κ3) is 10.3. The molecule has 0 bridgehead atoms. The van der Waals surface area contributed by atoms with Crippen LogP contribution in [0.5, 0.6) is 0 Å². The molecule has 0 spiro atoms. The molecular formula is C27H27Cl3F6N2O3. The molecule has 5 nitrogen and oxygen atoms in total. The van der Waals surface area contributed by atoms with E-state index < -0.39 is 52.5 Å². The van der Waals surface area contributed by atoms with E-state index in [2.05, 4.69) is 10.6 Å². The largest absolute Gasteiger partial charge is 0.444 e. The van der Waals surface area contributed by atoms with Gasteiger partial charge in [-0.2, -0.15) is 26.3 Å². The van der Waals surface area contributed by atoms with Crippen molar-refractivity contribution in [3.05, 3.63) is 73.7 Å². The molecule has 0 heterocycles. The zero-order valence-electron chi connectivity index (χ0n) is 22.5. The molecule has 2 rings (SSSR count). The van der Waals surface area contributed by atoms with Crippen LogP contribution in [-0.2, 0) is 10.9 Å². The van der Waals surface area contributed by atoms with E-state index in [4.69, 9.17) is 39.5 Å². The predicted molar refractivity (Wildman–Crippen MR) is 147 cm³/mol. The number of carbonyl (C=O) groups is 2. The van der Waals surface area contributed by atoms with Crippen LogP contribution in [0.25, 0.3) is 6.08 Å². The number of hydrogen-bond donors (Lipinski definition) is 2. The minimum Gasteiger partial charge on any atom is -0.444 e. The van der Waals surface area contributed by atoms with Gasteiger partial charge in [0.2, 0.25) is 0 Å². The van der Waals surface area contributed by atoms with Crippen LogP contribution in [0.1, 0.15) is 67.6 Å². The molecule has 0 aliphatic rings. The number of hydrogen-bond acceptors (Lipinski definition) is 3. The summed E-state index contributed by atoms with van der Waals surface area (Å²) < 4.78 is 88.3. The molecule has 0 aromatic heterocycles. The molecular weight excluding hydrogens is 621 g/mol. The second kappa shape index (κ2) is 12.7. The fourth-order valence-corrected chi connectivity index (χ4v) is 4.11. The number of halogens is 9. The molecule has 1 unspecified atom stereocenters. The molecule has 0 aliphatic carbocycles. The minimum atomic E-state index is -5.02. The second-order valence-electron chi connectivity index (χ2n) is 10.7. The van der Waals surface area contributed by atoms with Crippen molar-refractivity contribution < 1.29 is 40.7 Å². The highest BCUT2D eigenvalue weighted by Gasteiger charge is 2.40. The summed E-state index contributed by atoms with van der Waals surface area (Å²) in [6.45, 7) is 7.70. The molecule has 2 amide bonds. The third-order valence-corrected chi connectivity index (χ3v) is 6.52. The number of allylic oxidation sites excluding steroid dienone is 1. The Balaban J connectivity index is 2.35. The van der Waals surface area contributed by atoms with Crippen LogP contribution in [0.15, 0.2) is 36.4 Å². The number of alkyl carbamates (subject to hydrolysis) is 1. The van der Waals surface area contributed by atoms with E-state index in [0.29, 0.717) is 12.1 Å². The van der Waals surface area contributed by atoms with Gasteiger partial charge < -0.3 is 15.4 Å². The SMILES string of the molecule is CC(C)(CNC(=O)OC(C)(C)C)NC(=O)c1ccc(/C=C/C(c2cc(Cl)c(Cl)c(Cl)c2)C(F)(F)F)cc1C(F)(F)F. The number of amides is 2. The summed E-state index contributed by atoms with van der Waals surface area (Å²) in [6, 6.07) is 4.42. The Morgan fingerprint density at radius 2 is 1.49 bits per heavy atom. The van der Waals surface area contributed by atoms with Crippen molar-refractivity contribution in [1.29, 1.82) is 0 Å². The van der Waals surface area contributed by atoms with Gasteiger partial charge in [-0.1, -0.05) is 53.0 Å². The Bertz CT molecular complexity index is 1300. The number of alkyl halides is 6. The summed E-state index contributed by atoms with van der Waals surface area (Å²) >= 11 is 17.5. The van der Waals surface area contributed by atoms with E-state index >= 15 is 0 Å². The molecule has 0 aliphatic heterocycles. The summed E-state index contributed by atoms with van der Waals surface area (Å²) in [6.07, 6.45) is -9.15. The number of carbonyl (C=O) groups excluding carboxylic acids is 2. The average Bonchev–Trinajstić information content (AvgIpc) is 2.78. The normalized spacial score (nSPS) is 13.7. The van der Waals surface area contributed by atoms with Gasteiger partial charge in [0, 0.05) is 6.54 Å². The van der Waals surface area contributed by atoms with Crippen molar-refractivity contribution in [1.82, 2.24) is 10.6 Å². The highest BCUT2D eigenvalue weighted by atomic mass is 35.5. The zero-order valence-corrected chi connectivity index (χ0v) is 24.7. The first-order chi connectivity index (χ1) is 18.5. The first-order valence-electron chi connectivity index (χ1n) is 11.9. The first-order valence-corrected chi connectivity index (χ1v) is 13.0. The fourth-order valence-electron chi connectivity index (χ4n) is 3.50. The molecule has 0 saturated heterocycles. The molecule has 2 aromatic rings. The van der Waals surface area contributed by atoms with Crippen molar-refractivity contribution in [2.75, 3.05) is 6.54 Å². The molecule has 0 fully saturated rings. The highest BCUT2D eigenvalue weighted by Crippen LogP contribution is 2.41. The van der Waals surface area contributed by atoms with Crippen molar-refractivity contribution in [3.63, 3.8) is 0 Å². The third-order valence-electron chi connectivity index (χ3n) is 5.32. The van der Waals surface area contributed by atoms with Crippen LogP contribution in [0, 0.1) is 0 Å². The molecule has 226 valence electrons. The number of rotatable bonds is 7. The molecule has 41 heavy (non-hydrogen) atoms. The standard InChI is InChI=1S/C27H27Cl3F6N2O3/c1-24(2,3)41-23(40)37-13-25(4,5)38-22(39)16-8-6-14(10-18(16)27(34,35)36)7-9-17(26(31,32)33)15-11-19(28)21(30)20(29)12-15/h6-12,17H,13H2,1-5H3,(H,37,40)(H,38,39)/b9-7+. The van der Waals surface area contributed by atoms with Gasteiger partial charge in [0.25, 0.3) is 5.91 Å². The Kier molecular flexibility index (Phi) is 10.7.